The fourth-order valence-corrected chi connectivity index (χ4v) is 6.06. The lowest BCUT2D eigenvalue weighted by molar-refractivity contribution is 0.00308. The predicted molar refractivity (Wildman–Crippen MR) is 96.1 cm³/mol. The Morgan fingerprint density at radius 2 is 1.42 bits per heavy atom. The summed E-state index contributed by atoms with van der Waals surface area (Å²) in [5.74, 6) is 0.743. The molecule has 0 spiro atoms. The number of hydrogen-bond acceptors (Lipinski definition) is 2. The quantitative estimate of drug-likeness (QED) is 0.852. The summed E-state index contributed by atoms with van der Waals surface area (Å²) in [5, 5.41) is 0. The first kappa shape index (κ1) is 14.7. The van der Waals surface area contributed by atoms with Crippen molar-refractivity contribution in [2.75, 3.05) is 26.3 Å². The van der Waals surface area contributed by atoms with Crippen molar-refractivity contribution in [2.24, 2.45) is 5.92 Å². The van der Waals surface area contributed by atoms with Crippen molar-refractivity contribution in [3.8, 4) is 0 Å². The summed E-state index contributed by atoms with van der Waals surface area (Å²) in [6.45, 7) is 3.93. The highest BCUT2D eigenvalue weighted by atomic mass is 16.5. The molecule has 3 fully saturated rings. The minimum absolute atomic E-state index is 0.172. The average molecular weight is 319 g/mol. The smallest absolute Gasteiger partial charge is 0.0594 e. The molecule has 1 aliphatic heterocycles. The Kier molecular flexibility index (Phi) is 3.33. The third kappa shape index (κ3) is 1.73. The van der Waals surface area contributed by atoms with E-state index in [0.717, 1.165) is 32.2 Å². The Labute approximate surface area is 144 Å². The standard InChI is InChI=1S/C22H25NO/c1-3-8-18(9-4-1)22(19-10-5-2-6-11-19)20-12-7-13-21(20,22)23-14-16-24-17-15-23/h1-6,8-11,20H,7,12-17H2/t20-,21+/m1/s1. The van der Waals surface area contributed by atoms with Crippen LogP contribution in [0.1, 0.15) is 30.4 Å². The number of rotatable bonds is 3. The molecule has 3 aliphatic rings. The van der Waals surface area contributed by atoms with E-state index in [2.05, 4.69) is 65.6 Å². The van der Waals surface area contributed by atoms with Gasteiger partial charge in [-0.05, 0) is 29.9 Å². The van der Waals surface area contributed by atoms with Gasteiger partial charge in [-0.1, -0.05) is 67.1 Å². The molecular weight excluding hydrogens is 294 g/mol. The summed E-state index contributed by atoms with van der Waals surface area (Å²) in [6.07, 6.45) is 4.03. The maximum Gasteiger partial charge on any atom is 0.0594 e. The van der Waals surface area contributed by atoms with E-state index in [4.69, 9.17) is 4.74 Å². The van der Waals surface area contributed by atoms with Crippen LogP contribution in [0.2, 0.25) is 0 Å². The second-order valence-corrected chi connectivity index (χ2v) is 7.51. The lowest BCUT2D eigenvalue weighted by Crippen LogP contribution is -2.49. The van der Waals surface area contributed by atoms with Gasteiger partial charge in [-0.2, -0.15) is 0 Å². The number of morpholine rings is 1. The molecule has 24 heavy (non-hydrogen) atoms. The van der Waals surface area contributed by atoms with E-state index < -0.39 is 0 Å². The fourth-order valence-electron chi connectivity index (χ4n) is 6.06. The van der Waals surface area contributed by atoms with Crippen molar-refractivity contribution < 1.29 is 4.74 Å². The molecule has 5 rings (SSSR count). The van der Waals surface area contributed by atoms with Gasteiger partial charge in [0.25, 0.3) is 0 Å². The van der Waals surface area contributed by atoms with Crippen LogP contribution < -0.4 is 0 Å². The van der Waals surface area contributed by atoms with Crippen LogP contribution in [-0.4, -0.2) is 36.7 Å². The Balaban J connectivity index is 1.68. The highest BCUT2D eigenvalue weighted by molar-refractivity contribution is 5.57. The van der Waals surface area contributed by atoms with Gasteiger partial charge in [0.2, 0.25) is 0 Å². The van der Waals surface area contributed by atoms with Gasteiger partial charge in [-0.25, -0.2) is 0 Å². The van der Waals surface area contributed by atoms with Crippen molar-refractivity contribution in [3.63, 3.8) is 0 Å². The fraction of sp³-hybridized carbons (Fsp3) is 0.455. The molecule has 1 saturated heterocycles. The van der Waals surface area contributed by atoms with Crippen molar-refractivity contribution in [1.82, 2.24) is 4.90 Å². The second-order valence-electron chi connectivity index (χ2n) is 7.51. The monoisotopic (exact) mass is 319 g/mol. The maximum absolute atomic E-state index is 5.66. The van der Waals surface area contributed by atoms with Crippen molar-refractivity contribution >= 4 is 0 Å². The molecule has 2 aromatic rings. The van der Waals surface area contributed by atoms with E-state index in [0.29, 0.717) is 5.54 Å². The zero-order chi connectivity index (χ0) is 16.0. The van der Waals surface area contributed by atoms with Crippen LogP contribution in [0.15, 0.2) is 60.7 Å². The summed E-state index contributed by atoms with van der Waals surface area (Å²) < 4.78 is 5.66. The summed E-state index contributed by atoms with van der Waals surface area (Å²) in [7, 11) is 0. The molecule has 2 heteroatoms. The molecule has 0 bridgehead atoms. The molecule has 0 N–H and O–H groups in total. The molecule has 2 aliphatic carbocycles. The first-order valence-corrected chi connectivity index (χ1v) is 9.34. The van der Waals surface area contributed by atoms with E-state index in [-0.39, 0.29) is 5.41 Å². The second kappa shape index (κ2) is 5.44. The van der Waals surface area contributed by atoms with Gasteiger partial charge >= 0.3 is 0 Å². The Morgan fingerprint density at radius 3 is 2.00 bits per heavy atom. The van der Waals surface area contributed by atoms with Crippen LogP contribution in [0.25, 0.3) is 0 Å². The molecular formula is C22H25NO. The minimum Gasteiger partial charge on any atom is -0.379 e. The molecule has 2 saturated carbocycles. The molecule has 124 valence electrons. The summed E-state index contributed by atoms with van der Waals surface area (Å²) in [5.41, 5.74) is 3.49. The summed E-state index contributed by atoms with van der Waals surface area (Å²) >= 11 is 0. The zero-order valence-electron chi connectivity index (χ0n) is 14.2. The summed E-state index contributed by atoms with van der Waals surface area (Å²) in [6, 6.07) is 22.5. The van der Waals surface area contributed by atoms with Crippen molar-refractivity contribution in [1.29, 1.82) is 0 Å². The molecule has 0 amide bonds. The van der Waals surface area contributed by atoms with Gasteiger partial charge < -0.3 is 4.74 Å². The van der Waals surface area contributed by atoms with Crippen LogP contribution in [0.4, 0.5) is 0 Å². The van der Waals surface area contributed by atoms with Gasteiger partial charge in [-0.3, -0.25) is 4.90 Å². The zero-order valence-corrected chi connectivity index (χ0v) is 14.2. The van der Waals surface area contributed by atoms with Crippen LogP contribution in [-0.2, 0) is 10.2 Å². The van der Waals surface area contributed by atoms with Gasteiger partial charge in [0.1, 0.15) is 0 Å². The first-order chi connectivity index (χ1) is 11.9. The molecule has 2 nitrogen and oxygen atoms in total. The third-order valence-electron chi connectivity index (χ3n) is 6.78. The normalized spacial score (nSPS) is 31.6. The Hall–Kier alpha value is -1.64. The van der Waals surface area contributed by atoms with Crippen molar-refractivity contribution in [2.45, 2.75) is 30.2 Å². The van der Waals surface area contributed by atoms with Crippen LogP contribution >= 0.6 is 0 Å². The number of benzene rings is 2. The van der Waals surface area contributed by atoms with E-state index in [9.17, 15) is 0 Å². The van der Waals surface area contributed by atoms with Gasteiger partial charge in [-0.15, -0.1) is 0 Å². The molecule has 0 unspecified atom stereocenters. The molecule has 2 atom stereocenters. The Bertz CT molecular complexity index is 668. The van der Waals surface area contributed by atoms with Crippen LogP contribution in [0.3, 0.4) is 0 Å². The maximum atomic E-state index is 5.66. The topological polar surface area (TPSA) is 12.5 Å². The predicted octanol–water partition coefficient (Wildman–Crippen LogP) is 3.86. The number of hydrogen-bond donors (Lipinski definition) is 0. The SMILES string of the molecule is c1ccc(C2(c3ccccc3)[C@@H]3CCC[C@]32N2CCOCC2)cc1. The average Bonchev–Trinajstić information content (AvgIpc) is 3.01. The lowest BCUT2D eigenvalue weighted by Gasteiger charge is -2.39. The molecule has 1 heterocycles. The van der Waals surface area contributed by atoms with Gasteiger partial charge in [0, 0.05) is 24.0 Å². The van der Waals surface area contributed by atoms with Crippen LogP contribution in [0.5, 0.6) is 0 Å². The number of fused-ring (bicyclic) bond motifs is 1. The van der Waals surface area contributed by atoms with E-state index in [1.807, 2.05) is 0 Å². The van der Waals surface area contributed by atoms with E-state index in [1.165, 1.54) is 30.4 Å². The first-order valence-electron chi connectivity index (χ1n) is 9.34. The highest BCUT2D eigenvalue weighted by Gasteiger charge is 2.80. The summed E-state index contributed by atoms with van der Waals surface area (Å²) in [4.78, 5) is 2.77. The largest absolute Gasteiger partial charge is 0.379 e. The van der Waals surface area contributed by atoms with Crippen LogP contribution in [0, 0.1) is 5.92 Å². The molecule has 0 radical (unpaired) electrons. The highest BCUT2D eigenvalue weighted by Crippen LogP contribution is 2.76. The minimum atomic E-state index is 0.172. The molecule has 2 aromatic carbocycles. The van der Waals surface area contributed by atoms with E-state index >= 15 is 0 Å². The van der Waals surface area contributed by atoms with E-state index in [1.54, 1.807) is 0 Å². The Morgan fingerprint density at radius 1 is 0.833 bits per heavy atom. The third-order valence-corrected chi connectivity index (χ3v) is 6.78. The molecule has 0 aromatic heterocycles. The number of nitrogens with zero attached hydrogens (tertiary/aromatic N) is 1. The van der Waals surface area contributed by atoms with Gasteiger partial charge in [0.15, 0.2) is 0 Å². The van der Waals surface area contributed by atoms with Crippen molar-refractivity contribution in [3.05, 3.63) is 71.8 Å². The number of ether oxygens (including phenoxy) is 1. The lowest BCUT2D eigenvalue weighted by atomic mass is 9.79. The van der Waals surface area contributed by atoms with Gasteiger partial charge in [0.05, 0.1) is 13.2 Å².